The van der Waals surface area contributed by atoms with Crippen LogP contribution in [0.5, 0.6) is 0 Å². The Bertz CT molecular complexity index is 584. The smallest absolute Gasteiger partial charge is 0.326 e. The lowest BCUT2D eigenvalue weighted by Gasteiger charge is -2.17. The molecule has 0 radical (unpaired) electrons. The zero-order valence-corrected chi connectivity index (χ0v) is 12.0. The molecule has 1 amide bonds. The molecule has 2 aliphatic rings. The second-order valence-corrected chi connectivity index (χ2v) is 5.28. The van der Waals surface area contributed by atoms with Gasteiger partial charge in [0.15, 0.2) is 0 Å². The minimum absolute atomic E-state index is 0.164. The van der Waals surface area contributed by atoms with Crippen LogP contribution in [0, 0.1) is 12.3 Å². The zero-order chi connectivity index (χ0) is 15.4. The van der Waals surface area contributed by atoms with Crippen LogP contribution in [-0.2, 0) is 16.0 Å². The molecule has 1 aliphatic heterocycles. The van der Waals surface area contributed by atoms with Gasteiger partial charge in [-0.05, 0) is 44.2 Å². The second-order valence-electron chi connectivity index (χ2n) is 5.28. The van der Waals surface area contributed by atoms with E-state index in [1.807, 2.05) is 12.3 Å². The normalized spacial score (nSPS) is 20.1. The van der Waals surface area contributed by atoms with Crippen molar-refractivity contribution in [2.75, 3.05) is 0 Å². The van der Waals surface area contributed by atoms with Crippen molar-refractivity contribution in [3.63, 3.8) is 0 Å². The summed E-state index contributed by atoms with van der Waals surface area (Å²) in [5, 5.41) is 18.4. The van der Waals surface area contributed by atoms with Crippen LogP contribution in [-0.4, -0.2) is 33.7 Å². The van der Waals surface area contributed by atoms with Crippen molar-refractivity contribution in [3.05, 3.63) is 29.1 Å². The molecule has 2 heterocycles. The molecule has 0 unspecified atom stereocenters. The zero-order valence-electron chi connectivity index (χ0n) is 12.0. The van der Waals surface area contributed by atoms with Crippen molar-refractivity contribution in [2.45, 2.75) is 45.1 Å². The number of amides is 1. The van der Waals surface area contributed by atoms with Gasteiger partial charge in [-0.1, -0.05) is 0 Å². The molecule has 6 heteroatoms. The molecular formula is C15H19N3O3. The SMILES string of the molecule is Cc1ccnc2c1C(=N)CCC2.O=C1CC[C@H](C(=O)O)N1. The number of aromatic nitrogens is 1. The summed E-state index contributed by atoms with van der Waals surface area (Å²) in [5.74, 6) is -1.11. The fourth-order valence-electron chi connectivity index (χ4n) is 2.57. The molecule has 21 heavy (non-hydrogen) atoms. The van der Waals surface area contributed by atoms with E-state index >= 15 is 0 Å². The van der Waals surface area contributed by atoms with Gasteiger partial charge in [-0.2, -0.15) is 0 Å². The van der Waals surface area contributed by atoms with Gasteiger partial charge >= 0.3 is 5.97 Å². The minimum atomic E-state index is -0.944. The van der Waals surface area contributed by atoms with Gasteiger partial charge in [0.05, 0.1) is 0 Å². The summed E-state index contributed by atoms with van der Waals surface area (Å²) in [7, 11) is 0. The lowest BCUT2D eigenvalue weighted by molar-refractivity contribution is -0.140. The first-order chi connectivity index (χ1) is 9.99. The number of carbonyl (C=O) groups is 2. The van der Waals surface area contributed by atoms with E-state index in [4.69, 9.17) is 10.5 Å². The number of nitrogens with one attached hydrogen (secondary N) is 2. The number of nitrogens with zero attached hydrogens (tertiary/aromatic N) is 1. The third-order valence-electron chi connectivity index (χ3n) is 3.67. The Hall–Kier alpha value is -2.24. The largest absolute Gasteiger partial charge is 0.480 e. The highest BCUT2D eigenvalue weighted by molar-refractivity contribution is 6.01. The Balaban J connectivity index is 0.000000161. The number of hydrogen-bond donors (Lipinski definition) is 3. The van der Waals surface area contributed by atoms with Crippen LogP contribution in [0.2, 0.25) is 0 Å². The Kier molecular flexibility index (Phi) is 4.67. The molecule has 1 saturated heterocycles. The molecule has 0 bridgehead atoms. The third kappa shape index (κ3) is 3.65. The van der Waals surface area contributed by atoms with Crippen LogP contribution in [0.1, 0.15) is 42.5 Å². The van der Waals surface area contributed by atoms with Gasteiger partial charge in [0, 0.05) is 29.6 Å². The second kappa shape index (κ2) is 6.47. The molecule has 0 saturated carbocycles. The predicted molar refractivity (Wildman–Crippen MR) is 77.5 cm³/mol. The van der Waals surface area contributed by atoms with Crippen LogP contribution < -0.4 is 5.32 Å². The van der Waals surface area contributed by atoms with E-state index in [1.165, 1.54) is 5.56 Å². The molecule has 1 aliphatic carbocycles. The van der Waals surface area contributed by atoms with E-state index in [0.29, 0.717) is 12.8 Å². The van der Waals surface area contributed by atoms with Crippen LogP contribution in [0.15, 0.2) is 12.3 Å². The Morgan fingerprint density at radius 3 is 2.71 bits per heavy atom. The van der Waals surface area contributed by atoms with Crippen molar-refractivity contribution in [2.24, 2.45) is 0 Å². The van der Waals surface area contributed by atoms with E-state index < -0.39 is 12.0 Å². The van der Waals surface area contributed by atoms with Gasteiger partial charge in [0.25, 0.3) is 0 Å². The highest BCUT2D eigenvalue weighted by atomic mass is 16.4. The number of pyridine rings is 1. The Morgan fingerprint density at radius 2 is 2.19 bits per heavy atom. The van der Waals surface area contributed by atoms with E-state index in [0.717, 1.165) is 36.2 Å². The standard InChI is InChI=1S/C10H12N2.C5H7NO3/c1-7-5-6-12-9-4-2-3-8(11)10(7)9;7-4-2-1-3(6-4)5(8)9/h5-6,11H,2-4H2,1H3;3H,1-2H2,(H,6,7)(H,8,9)/t;3-/m.1/s1. The van der Waals surface area contributed by atoms with E-state index in [-0.39, 0.29) is 5.91 Å². The quantitative estimate of drug-likeness (QED) is 0.727. The molecule has 3 rings (SSSR count). The first-order valence-electron chi connectivity index (χ1n) is 7.03. The van der Waals surface area contributed by atoms with Gasteiger partial charge in [-0.25, -0.2) is 4.79 Å². The fourth-order valence-corrected chi connectivity index (χ4v) is 2.57. The molecular weight excluding hydrogens is 270 g/mol. The third-order valence-corrected chi connectivity index (χ3v) is 3.67. The average Bonchev–Trinajstić information content (AvgIpc) is 2.87. The van der Waals surface area contributed by atoms with Gasteiger partial charge in [0.1, 0.15) is 6.04 Å². The summed E-state index contributed by atoms with van der Waals surface area (Å²) in [6, 6.07) is 1.34. The number of carboxylic acid groups (broad SMARTS) is 1. The maximum Gasteiger partial charge on any atom is 0.326 e. The van der Waals surface area contributed by atoms with Crippen LogP contribution in [0.4, 0.5) is 0 Å². The number of rotatable bonds is 1. The Morgan fingerprint density at radius 1 is 1.43 bits per heavy atom. The molecule has 0 spiro atoms. The summed E-state index contributed by atoms with van der Waals surface area (Å²) < 4.78 is 0. The molecule has 1 aromatic heterocycles. The summed E-state index contributed by atoms with van der Waals surface area (Å²) in [4.78, 5) is 24.8. The molecule has 6 nitrogen and oxygen atoms in total. The Labute approximate surface area is 123 Å². The van der Waals surface area contributed by atoms with Crippen molar-refractivity contribution in [1.82, 2.24) is 10.3 Å². The van der Waals surface area contributed by atoms with Crippen LogP contribution in [0.25, 0.3) is 0 Å². The van der Waals surface area contributed by atoms with Gasteiger partial charge < -0.3 is 15.8 Å². The van der Waals surface area contributed by atoms with Crippen LogP contribution >= 0.6 is 0 Å². The molecule has 3 N–H and O–H groups in total. The number of fused-ring (bicyclic) bond motifs is 1. The topological polar surface area (TPSA) is 103 Å². The first kappa shape index (κ1) is 15.2. The number of carbonyl (C=O) groups excluding carboxylic acids is 1. The summed E-state index contributed by atoms with van der Waals surface area (Å²) in [6.07, 6.45) is 5.65. The number of hydrogen-bond acceptors (Lipinski definition) is 4. The lowest BCUT2D eigenvalue weighted by atomic mass is 9.91. The molecule has 1 fully saturated rings. The highest BCUT2D eigenvalue weighted by Gasteiger charge is 2.26. The summed E-state index contributed by atoms with van der Waals surface area (Å²) in [5.41, 5.74) is 4.18. The van der Waals surface area contributed by atoms with Gasteiger partial charge in [-0.3, -0.25) is 9.78 Å². The summed E-state index contributed by atoms with van der Waals surface area (Å²) >= 11 is 0. The van der Waals surface area contributed by atoms with Crippen molar-refractivity contribution in [3.8, 4) is 0 Å². The monoisotopic (exact) mass is 289 g/mol. The highest BCUT2D eigenvalue weighted by Crippen LogP contribution is 2.21. The predicted octanol–water partition coefficient (Wildman–Crippen LogP) is 1.44. The van der Waals surface area contributed by atoms with E-state index in [1.54, 1.807) is 0 Å². The van der Waals surface area contributed by atoms with Gasteiger partial charge in [0.2, 0.25) is 5.91 Å². The maximum atomic E-state index is 10.4. The van der Waals surface area contributed by atoms with Crippen molar-refractivity contribution in [1.29, 1.82) is 5.41 Å². The number of aryl methyl sites for hydroxylation is 2. The first-order valence-corrected chi connectivity index (χ1v) is 7.03. The number of aliphatic carboxylic acids is 1. The minimum Gasteiger partial charge on any atom is -0.480 e. The maximum absolute atomic E-state index is 10.4. The van der Waals surface area contributed by atoms with Crippen LogP contribution in [0.3, 0.4) is 0 Å². The molecule has 112 valence electrons. The van der Waals surface area contributed by atoms with E-state index in [9.17, 15) is 9.59 Å². The number of carboxylic acids is 1. The average molecular weight is 289 g/mol. The van der Waals surface area contributed by atoms with Crippen molar-refractivity contribution >= 4 is 17.6 Å². The van der Waals surface area contributed by atoms with Gasteiger partial charge in [-0.15, -0.1) is 0 Å². The summed E-state index contributed by atoms with van der Waals surface area (Å²) in [6.45, 7) is 2.06. The molecule has 1 aromatic rings. The van der Waals surface area contributed by atoms with E-state index in [2.05, 4.69) is 17.2 Å². The fraction of sp³-hybridized carbons (Fsp3) is 0.467. The van der Waals surface area contributed by atoms with Crippen molar-refractivity contribution < 1.29 is 14.7 Å². The molecule has 1 atom stereocenters. The molecule has 0 aromatic carbocycles. The lowest BCUT2D eigenvalue weighted by Crippen LogP contribution is -2.32.